The van der Waals surface area contributed by atoms with E-state index in [4.69, 9.17) is 11.5 Å². The molecular weight excluding hydrogens is 152 g/mol. The summed E-state index contributed by atoms with van der Waals surface area (Å²) in [7, 11) is 0. The molecule has 0 aliphatic carbocycles. The van der Waals surface area contributed by atoms with Crippen molar-refractivity contribution < 1.29 is 0 Å². The van der Waals surface area contributed by atoms with Crippen LogP contribution in [0.3, 0.4) is 0 Å². The zero-order valence-corrected chi connectivity index (χ0v) is 7.50. The maximum atomic E-state index is 5.30. The molecule has 1 aliphatic heterocycles. The Morgan fingerprint density at radius 2 is 1.42 bits per heavy atom. The number of guanidine groups is 1. The smallest absolute Gasteiger partial charge is 0.208 e. The molecule has 4 N–H and O–H groups in total. The van der Waals surface area contributed by atoms with Crippen LogP contribution in [0.15, 0.2) is 5.10 Å². The van der Waals surface area contributed by atoms with E-state index in [9.17, 15) is 0 Å². The largest absolute Gasteiger partial charge is 0.369 e. The lowest BCUT2D eigenvalue weighted by atomic mass is 10.1. The number of rotatable bonds is 1. The van der Waals surface area contributed by atoms with Crippen molar-refractivity contribution in [2.75, 3.05) is 13.1 Å². The second kappa shape index (κ2) is 4.85. The van der Waals surface area contributed by atoms with Gasteiger partial charge in [-0.2, -0.15) is 0 Å². The molecule has 4 nitrogen and oxygen atoms in total. The normalized spacial score (nSPS) is 19.5. The van der Waals surface area contributed by atoms with Crippen molar-refractivity contribution in [1.29, 1.82) is 0 Å². The summed E-state index contributed by atoms with van der Waals surface area (Å²) in [5.74, 6) is 0.176. The first-order chi connectivity index (χ1) is 5.79. The first kappa shape index (κ1) is 9.16. The summed E-state index contributed by atoms with van der Waals surface area (Å²) in [4.78, 5) is 0. The second-order valence-electron chi connectivity index (χ2n) is 3.25. The van der Waals surface area contributed by atoms with Gasteiger partial charge in [-0.25, -0.2) is 0 Å². The quantitative estimate of drug-likeness (QED) is 0.443. The van der Waals surface area contributed by atoms with Gasteiger partial charge in [0.1, 0.15) is 0 Å². The number of hydrazone groups is 1. The van der Waals surface area contributed by atoms with Crippen LogP contribution in [0.25, 0.3) is 0 Å². The second-order valence-corrected chi connectivity index (χ2v) is 3.25. The third-order valence-electron chi connectivity index (χ3n) is 2.09. The molecule has 1 fully saturated rings. The highest BCUT2D eigenvalue weighted by molar-refractivity contribution is 5.75. The van der Waals surface area contributed by atoms with E-state index in [1.807, 2.05) is 5.01 Å². The molecule has 0 radical (unpaired) electrons. The van der Waals surface area contributed by atoms with E-state index in [1.54, 1.807) is 0 Å². The van der Waals surface area contributed by atoms with Crippen LogP contribution in [0.1, 0.15) is 32.1 Å². The van der Waals surface area contributed by atoms with E-state index in [1.165, 1.54) is 32.1 Å². The van der Waals surface area contributed by atoms with Crippen molar-refractivity contribution in [1.82, 2.24) is 5.01 Å². The Balaban J connectivity index is 2.34. The van der Waals surface area contributed by atoms with E-state index >= 15 is 0 Å². The van der Waals surface area contributed by atoms with Crippen molar-refractivity contribution in [2.24, 2.45) is 16.6 Å². The third kappa shape index (κ3) is 3.46. The molecule has 0 aromatic heterocycles. The molecule has 0 saturated carbocycles. The summed E-state index contributed by atoms with van der Waals surface area (Å²) in [6.45, 7) is 2.00. The monoisotopic (exact) mass is 170 g/mol. The summed E-state index contributed by atoms with van der Waals surface area (Å²) in [6, 6.07) is 0. The van der Waals surface area contributed by atoms with Gasteiger partial charge >= 0.3 is 0 Å². The molecule has 1 aliphatic rings. The van der Waals surface area contributed by atoms with Crippen LogP contribution in [0, 0.1) is 0 Å². The van der Waals surface area contributed by atoms with Crippen molar-refractivity contribution in [2.45, 2.75) is 32.1 Å². The molecule has 0 unspecified atom stereocenters. The molecule has 1 saturated heterocycles. The number of nitrogens with zero attached hydrogens (tertiary/aromatic N) is 2. The predicted molar refractivity (Wildman–Crippen MR) is 50.5 cm³/mol. The highest BCUT2D eigenvalue weighted by atomic mass is 15.5. The SMILES string of the molecule is NC(N)=NN1CCCCCCC1. The fraction of sp³-hybridized carbons (Fsp3) is 0.875. The first-order valence-corrected chi connectivity index (χ1v) is 4.63. The van der Waals surface area contributed by atoms with Gasteiger partial charge in [-0.1, -0.05) is 19.3 Å². The molecule has 1 heterocycles. The molecule has 1 rings (SSSR count). The van der Waals surface area contributed by atoms with Gasteiger partial charge in [0, 0.05) is 13.1 Å². The first-order valence-electron chi connectivity index (χ1n) is 4.63. The molecule has 0 spiro atoms. The number of hydrogen-bond acceptors (Lipinski definition) is 2. The van der Waals surface area contributed by atoms with E-state index < -0.39 is 0 Å². The topological polar surface area (TPSA) is 67.6 Å². The Kier molecular flexibility index (Phi) is 3.70. The van der Waals surface area contributed by atoms with Gasteiger partial charge in [-0.15, -0.1) is 5.10 Å². The van der Waals surface area contributed by atoms with Crippen LogP contribution in [-0.4, -0.2) is 24.1 Å². The molecular formula is C8H18N4. The van der Waals surface area contributed by atoms with Gasteiger partial charge in [0.05, 0.1) is 0 Å². The van der Waals surface area contributed by atoms with Crippen molar-refractivity contribution >= 4 is 5.96 Å². The Morgan fingerprint density at radius 1 is 0.917 bits per heavy atom. The maximum absolute atomic E-state index is 5.30. The lowest BCUT2D eigenvalue weighted by Gasteiger charge is -2.21. The van der Waals surface area contributed by atoms with Gasteiger partial charge in [-0.05, 0) is 12.8 Å². The lowest BCUT2D eigenvalue weighted by molar-refractivity contribution is 0.258. The van der Waals surface area contributed by atoms with Gasteiger partial charge in [0.25, 0.3) is 0 Å². The fourth-order valence-electron chi connectivity index (χ4n) is 1.49. The highest BCUT2D eigenvalue weighted by Crippen LogP contribution is 2.09. The molecule has 0 aromatic rings. The molecule has 0 bridgehead atoms. The minimum absolute atomic E-state index is 0.176. The summed E-state index contributed by atoms with van der Waals surface area (Å²) < 4.78 is 0. The average Bonchev–Trinajstić information content (AvgIpc) is 1.93. The molecule has 0 aromatic carbocycles. The summed E-state index contributed by atoms with van der Waals surface area (Å²) in [5.41, 5.74) is 10.6. The Hall–Kier alpha value is -0.930. The summed E-state index contributed by atoms with van der Waals surface area (Å²) >= 11 is 0. The molecule has 0 atom stereocenters. The molecule has 0 amide bonds. The molecule has 70 valence electrons. The van der Waals surface area contributed by atoms with Crippen LogP contribution in [0.5, 0.6) is 0 Å². The van der Waals surface area contributed by atoms with E-state index in [0.29, 0.717) is 0 Å². The summed E-state index contributed by atoms with van der Waals surface area (Å²) in [5, 5.41) is 6.02. The van der Waals surface area contributed by atoms with Crippen LogP contribution in [-0.2, 0) is 0 Å². The molecule has 4 heteroatoms. The lowest BCUT2D eigenvalue weighted by Crippen LogP contribution is -2.30. The van der Waals surface area contributed by atoms with Gasteiger partial charge in [0.15, 0.2) is 0 Å². The standard InChI is InChI=1S/C8H18N4/c9-8(10)11-12-6-4-2-1-3-5-7-12/h1-7H2,(H4,9,10,11). The van der Waals surface area contributed by atoms with Crippen molar-refractivity contribution in [3.63, 3.8) is 0 Å². The van der Waals surface area contributed by atoms with Gasteiger partial charge in [0.2, 0.25) is 5.96 Å². The van der Waals surface area contributed by atoms with Gasteiger partial charge < -0.3 is 11.5 Å². The van der Waals surface area contributed by atoms with E-state index in [2.05, 4.69) is 5.10 Å². The fourth-order valence-corrected chi connectivity index (χ4v) is 1.49. The number of hydrogen-bond donors (Lipinski definition) is 2. The van der Waals surface area contributed by atoms with Crippen LogP contribution in [0.2, 0.25) is 0 Å². The summed E-state index contributed by atoms with van der Waals surface area (Å²) in [6.07, 6.45) is 6.37. The van der Waals surface area contributed by atoms with E-state index in [0.717, 1.165) is 13.1 Å². The van der Waals surface area contributed by atoms with Crippen molar-refractivity contribution in [3.05, 3.63) is 0 Å². The minimum Gasteiger partial charge on any atom is -0.369 e. The molecule has 12 heavy (non-hydrogen) atoms. The van der Waals surface area contributed by atoms with Crippen LogP contribution in [0.4, 0.5) is 0 Å². The zero-order chi connectivity index (χ0) is 8.81. The number of nitrogens with two attached hydrogens (primary N) is 2. The Bertz CT molecular complexity index is 143. The zero-order valence-electron chi connectivity index (χ0n) is 7.50. The van der Waals surface area contributed by atoms with Gasteiger partial charge in [-0.3, -0.25) is 5.01 Å². The third-order valence-corrected chi connectivity index (χ3v) is 2.09. The average molecular weight is 170 g/mol. The minimum atomic E-state index is 0.176. The van der Waals surface area contributed by atoms with Crippen LogP contribution < -0.4 is 11.5 Å². The van der Waals surface area contributed by atoms with Crippen LogP contribution >= 0.6 is 0 Å². The Labute approximate surface area is 73.6 Å². The Morgan fingerprint density at radius 3 is 1.92 bits per heavy atom. The highest BCUT2D eigenvalue weighted by Gasteiger charge is 2.04. The van der Waals surface area contributed by atoms with E-state index in [-0.39, 0.29) is 5.96 Å². The maximum Gasteiger partial charge on any atom is 0.208 e. The predicted octanol–water partition coefficient (Wildman–Crippen LogP) is 0.441. The van der Waals surface area contributed by atoms with Crippen molar-refractivity contribution in [3.8, 4) is 0 Å².